The summed E-state index contributed by atoms with van der Waals surface area (Å²) in [5.41, 5.74) is 1.21. The van der Waals surface area contributed by atoms with Gasteiger partial charge in [-0.1, -0.05) is 36.8 Å². The molecule has 22 heavy (non-hydrogen) atoms. The van der Waals surface area contributed by atoms with Crippen molar-refractivity contribution in [3.8, 4) is 0 Å². The number of likely N-dealkylation sites (tertiary alicyclic amines) is 1. The van der Waals surface area contributed by atoms with Crippen molar-refractivity contribution in [3.63, 3.8) is 0 Å². The van der Waals surface area contributed by atoms with Crippen LogP contribution in [0.1, 0.15) is 31.2 Å². The van der Waals surface area contributed by atoms with Gasteiger partial charge in [-0.2, -0.15) is 0 Å². The van der Waals surface area contributed by atoms with Crippen LogP contribution in [0.15, 0.2) is 30.3 Å². The summed E-state index contributed by atoms with van der Waals surface area (Å²) in [5, 5.41) is 3.35. The molecule has 0 saturated carbocycles. The number of rotatable bonds is 5. The molecule has 1 amide bonds. The third-order valence-electron chi connectivity index (χ3n) is 4.67. The van der Waals surface area contributed by atoms with Gasteiger partial charge in [0.15, 0.2) is 0 Å². The van der Waals surface area contributed by atoms with Crippen LogP contribution in [0.2, 0.25) is 0 Å². The monoisotopic (exact) mass is 302 g/mol. The Bertz CT molecular complexity index is 471. The highest BCUT2D eigenvalue weighted by Crippen LogP contribution is 2.20. The lowest BCUT2D eigenvalue weighted by Crippen LogP contribution is -2.47. The van der Waals surface area contributed by atoms with Gasteiger partial charge in [-0.25, -0.2) is 0 Å². The molecule has 0 aliphatic carbocycles. The molecule has 1 aromatic carbocycles. The molecule has 2 aliphatic rings. The zero-order valence-electron chi connectivity index (χ0n) is 13.2. The molecule has 2 unspecified atom stereocenters. The number of carbonyl (C=O) groups excluding carboxylic acids is 1. The van der Waals surface area contributed by atoms with Crippen molar-refractivity contribution in [2.45, 2.75) is 38.3 Å². The van der Waals surface area contributed by atoms with E-state index in [1.54, 1.807) is 0 Å². The molecule has 0 radical (unpaired) electrons. The SMILES string of the molecule is O=C(C1CCCCN1)N1CCC(COCc2ccccc2)C1. The molecular formula is C18H26N2O2. The van der Waals surface area contributed by atoms with Crippen molar-refractivity contribution in [1.82, 2.24) is 10.2 Å². The van der Waals surface area contributed by atoms with Gasteiger partial charge in [-0.3, -0.25) is 4.79 Å². The Hall–Kier alpha value is -1.39. The summed E-state index contributed by atoms with van der Waals surface area (Å²) in [5.74, 6) is 0.779. The molecule has 2 heterocycles. The lowest BCUT2D eigenvalue weighted by atomic mass is 10.0. The average Bonchev–Trinajstić information content (AvgIpc) is 3.05. The topological polar surface area (TPSA) is 41.6 Å². The van der Waals surface area contributed by atoms with Gasteiger partial charge < -0.3 is 15.0 Å². The lowest BCUT2D eigenvalue weighted by molar-refractivity contribution is -0.133. The fourth-order valence-electron chi connectivity index (χ4n) is 3.37. The zero-order chi connectivity index (χ0) is 15.2. The molecule has 4 nitrogen and oxygen atoms in total. The first kappa shape index (κ1) is 15.5. The van der Waals surface area contributed by atoms with Crippen molar-refractivity contribution in [1.29, 1.82) is 0 Å². The quantitative estimate of drug-likeness (QED) is 0.906. The Kier molecular flexibility index (Phi) is 5.46. The molecule has 2 saturated heterocycles. The van der Waals surface area contributed by atoms with Gasteiger partial charge in [0.2, 0.25) is 5.91 Å². The summed E-state index contributed by atoms with van der Waals surface area (Å²) < 4.78 is 5.82. The molecule has 0 aromatic heterocycles. The number of carbonyl (C=O) groups is 1. The van der Waals surface area contributed by atoms with Gasteiger partial charge in [0.1, 0.15) is 0 Å². The van der Waals surface area contributed by atoms with Crippen LogP contribution in [0.4, 0.5) is 0 Å². The second-order valence-electron chi connectivity index (χ2n) is 6.44. The van der Waals surface area contributed by atoms with E-state index in [1.165, 1.54) is 18.4 Å². The minimum atomic E-state index is 0.0535. The highest BCUT2D eigenvalue weighted by molar-refractivity contribution is 5.82. The van der Waals surface area contributed by atoms with Gasteiger partial charge in [-0.05, 0) is 31.4 Å². The van der Waals surface area contributed by atoms with Crippen LogP contribution < -0.4 is 5.32 Å². The molecule has 2 fully saturated rings. The van der Waals surface area contributed by atoms with Crippen LogP contribution in [0.5, 0.6) is 0 Å². The molecule has 0 bridgehead atoms. The van der Waals surface area contributed by atoms with Crippen molar-refractivity contribution < 1.29 is 9.53 Å². The predicted molar refractivity (Wildman–Crippen MR) is 86.4 cm³/mol. The second-order valence-corrected chi connectivity index (χ2v) is 6.44. The van der Waals surface area contributed by atoms with Crippen LogP contribution in [0, 0.1) is 5.92 Å². The fraction of sp³-hybridized carbons (Fsp3) is 0.611. The first-order valence-corrected chi connectivity index (χ1v) is 8.47. The van der Waals surface area contributed by atoms with E-state index in [0.29, 0.717) is 18.4 Å². The van der Waals surface area contributed by atoms with Crippen LogP contribution in [0.3, 0.4) is 0 Å². The first-order chi connectivity index (χ1) is 10.8. The normalized spacial score (nSPS) is 25.4. The Morgan fingerprint density at radius 2 is 2.09 bits per heavy atom. The van der Waals surface area contributed by atoms with Gasteiger partial charge in [0.25, 0.3) is 0 Å². The van der Waals surface area contributed by atoms with Crippen LogP contribution in [-0.4, -0.2) is 43.1 Å². The molecule has 1 aromatic rings. The van der Waals surface area contributed by atoms with Gasteiger partial charge in [-0.15, -0.1) is 0 Å². The van der Waals surface area contributed by atoms with E-state index in [9.17, 15) is 4.79 Å². The van der Waals surface area contributed by atoms with E-state index in [1.807, 2.05) is 23.1 Å². The number of nitrogens with zero attached hydrogens (tertiary/aromatic N) is 1. The summed E-state index contributed by atoms with van der Waals surface area (Å²) >= 11 is 0. The lowest BCUT2D eigenvalue weighted by Gasteiger charge is -2.27. The molecule has 120 valence electrons. The van der Waals surface area contributed by atoms with E-state index in [0.717, 1.165) is 39.1 Å². The smallest absolute Gasteiger partial charge is 0.239 e. The van der Waals surface area contributed by atoms with Crippen molar-refractivity contribution in [2.75, 3.05) is 26.2 Å². The van der Waals surface area contributed by atoms with E-state index >= 15 is 0 Å². The number of ether oxygens (including phenoxy) is 1. The van der Waals surface area contributed by atoms with E-state index in [4.69, 9.17) is 4.74 Å². The molecule has 4 heteroatoms. The average molecular weight is 302 g/mol. The maximum absolute atomic E-state index is 12.5. The number of amides is 1. The molecular weight excluding hydrogens is 276 g/mol. The van der Waals surface area contributed by atoms with Crippen molar-refractivity contribution in [2.24, 2.45) is 5.92 Å². The Labute approximate surface area is 132 Å². The third-order valence-corrected chi connectivity index (χ3v) is 4.67. The van der Waals surface area contributed by atoms with E-state index in [2.05, 4.69) is 17.4 Å². The second kappa shape index (κ2) is 7.75. The largest absolute Gasteiger partial charge is 0.376 e. The number of hydrogen-bond acceptors (Lipinski definition) is 3. The third kappa shape index (κ3) is 4.08. The summed E-state index contributed by atoms with van der Waals surface area (Å²) in [6.45, 7) is 4.13. The summed E-state index contributed by atoms with van der Waals surface area (Å²) in [4.78, 5) is 14.5. The molecule has 1 N–H and O–H groups in total. The highest BCUT2D eigenvalue weighted by atomic mass is 16.5. The molecule has 2 atom stereocenters. The number of hydrogen-bond donors (Lipinski definition) is 1. The molecule has 2 aliphatic heterocycles. The van der Waals surface area contributed by atoms with Crippen molar-refractivity contribution >= 4 is 5.91 Å². The van der Waals surface area contributed by atoms with Gasteiger partial charge >= 0.3 is 0 Å². The Morgan fingerprint density at radius 1 is 1.23 bits per heavy atom. The zero-order valence-corrected chi connectivity index (χ0v) is 13.2. The van der Waals surface area contributed by atoms with Crippen LogP contribution >= 0.6 is 0 Å². The highest BCUT2D eigenvalue weighted by Gasteiger charge is 2.31. The molecule has 3 rings (SSSR count). The summed E-state index contributed by atoms with van der Waals surface area (Å²) in [6.07, 6.45) is 4.42. The van der Waals surface area contributed by atoms with Gasteiger partial charge in [0, 0.05) is 19.0 Å². The maximum atomic E-state index is 12.5. The minimum absolute atomic E-state index is 0.0535. The van der Waals surface area contributed by atoms with Crippen LogP contribution in [-0.2, 0) is 16.1 Å². The standard InChI is InChI=1S/C18H26N2O2/c21-18(17-8-4-5-10-19-17)20-11-9-16(12-20)14-22-13-15-6-2-1-3-7-15/h1-3,6-7,16-17,19H,4-5,8-14H2. The number of piperidine rings is 1. The van der Waals surface area contributed by atoms with E-state index < -0.39 is 0 Å². The predicted octanol–water partition coefficient (Wildman–Crippen LogP) is 2.19. The first-order valence-electron chi connectivity index (χ1n) is 8.47. The number of nitrogens with one attached hydrogen (secondary N) is 1. The maximum Gasteiger partial charge on any atom is 0.239 e. The van der Waals surface area contributed by atoms with Crippen molar-refractivity contribution in [3.05, 3.63) is 35.9 Å². The fourth-order valence-corrected chi connectivity index (χ4v) is 3.37. The molecule has 0 spiro atoms. The number of benzene rings is 1. The van der Waals surface area contributed by atoms with Gasteiger partial charge in [0.05, 0.1) is 19.3 Å². The Morgan fingerprint density at radius 3 is 2.86 bits per heavy atom. The van der Waals surface area contributed by atoms with E-state index in [-0.39, 0.29) is 6.04 Å². The Balaban J connectivity index is 1.39. The summed E-state index contributed by atoms with van der Waals surface area (Å²) in [6, 6.07) is 10.3. The minimum Gasteiger partial charge on any atom is -0.376 e. The summed E-state index contributed by atoms with van der Waals surface area (Å²) in [7, 11) is 0. The van der Waals surface area contributed by atoms with Crippen LogP contribution in [0.25, 0.3) is 0 Å².